The minimum absolute atomic E-state index is 0.0694. The van der Waals surface area contributed by atoms with Crippen LogP contribution in [-0.2, 0) is 16.0 Å². The van der Waals surface area contributed by atoms with Gasteiger partial charge in [0.05, 0.1) is 17.6 Å². The third kappa shape index (κ3) is 2.54. The fourth-order valence-electron chi connectivity index (χ4n) is 2.88. The molecular weight excluding hydrogens is 281 g/mol. The van der Waals surface area contributed by atoms with Gasteiger partial charge in [0.15, 0.2) is 0 Å². The summed E-state index contributed by atoms with van der Waals surface area (Å²) in [7, 11) is 0. The van der Waals surface area contributed by atoms with Crippen LogP contribution in [0.1, 0.15) is 42.7 Å². The molecule has 0 bridgehead atoms. The first kappa shape index (κ1) is 13.8. The third-order valence-corrected chi connectivity index (χ3v) is 4.52. The molecule has 2 aliphatic rings. The Labute approximate surface area is 122 Å². The van der Waals surface area contributed by atoms with Crippen molar-refractivity contribution in [3.63, 3.8) is 0 Å². The fourth-order valence-corrected chi connectivity index (χ4v) is 3.23. The van der Waals surface area contributed by atoms with E-state index in [0.29, 0.717) is 24.1 Å². The predicted molar refractivity (Wildman–Crippen MR) is 75.5 cm³/mol. The van der Waals surface area contributed by atoms with E-state index in [1.54, 1.807) is 6.07 Å². The number of carbonyl (C=O) groups is 1. The van der Waals surface area contributed by atoms with Crippen molar-refractivity contribution in [2.45, 2.75) is 50.2 Å². The molecule has 3 nitrogen and oxygen atoms in total. The Hall–Kier alpha value is -1.13. The van der Waals surface area contributed by atoms with Gasteiger partial charge in [-0.3, -0.25) is 4.79 Å². The number of hydrogen-bond donors (Lipinski definition) is 1. The molecule has 3 unspecified atom stereocenters. The zero-order chi connectivity index (χ0) is 14.3. The maximum atomic E-state index is 14.2. The van der Waals surface area contributed by atoms with Crippen LogP contribution in [0.4, 0.5) is 10.1 Å². The van der Waals surface area contributed by atoms with E-state index in [1.807, 2.05) is 6.92 Å². The second-order valence-corrected chi connectivity index (χ2v) is 6.01. The van der Waals surface area contributed by atoms with Gasteiger partial charge in [-0.1, -0.05) is 0 Å². The highest BCUT2D eigenvalue weighted by atomic mass is 35.5. The Morgan fingerprint density at radius 2 is 2.20 bits per heavy atom. The second kappa shape index (κ2) is 5.34. The highest BCUT2D eigenvalue weighted by molar-refractivity contribution is 6.21. The van der Waals surface area contributed by atoms with E-state index in [4.69, 9.17) is 16.3 Å². The van der Waals surface area contributed by atoms with Gasteiger partial charge in [-0.2, -0.15) is 0 Å². The van der Waals surface area contributed by atoms with Gasteiger partial charge in [0.25, 0.3) is 0 Å². The van der Waals surface area contributed by atoms with Gasteiger partial charge >= 0.3 is 0 Å². The van der Waals surface area contributed by atoms with E-state index in [2.05, 4.69) is 5.32 Å². The molecule has 0 aromatic heterocycles. The lowest BCUT2D eigenvalue weighted by atomic mass is 9.96. The highest BCUT2D eigenvalue weighted by Crippen LogP contribution is 2.38. The summed E-state index contributed by atoms with van der Waals surface area (Å²) in [6.07, 6.45) is 2.90. The molecule has 1 N–H and O–H groups in total. The standard InChI is InChI=1S/C15H17ClFNO2/c1-8-2-4-13(20-8)15(16)10-6-9-3-5-14(19)18-12(9)7-11(10)17/h6-8,13,15H,2-5H2,1H3,(H,18,19). The van der Waals surface area contributed by atoms with Crippen LogP contribution in [0.15, 0.2) is 12.1 Å². The smallest absolute Gasteiger partial charge is 0.224 e. The van der Waals surface area contributed by atoms with Gasteiger partial charge in [0.2, 0.25) is 5.91 Å². The van der Waals surface area contributed by atoms with E-state index in [0.717, 1.165) is 18.4 Å². The summed E-state index contributed by atoms with van der Waals surface area (Å²) in [5.74, 6) is -0.450. The number of rotatable bonds is 2. The first-order chi connectivity index (χ1) is 9.54. The summed E-state index contributed by atoms with van der Waals surface area (Å²) in [5, 5.41) is 2.21. The molecular formula is C15H17ClFNO2. The van der Waals surface area contributed by atoms with Crippen LogP contribution in [0.5, 0.6) is 0 Å². The Morgan fingerprint density at radius 3 is 2.90 bits per heavy atom. The van der Waals surface area contributed by atoms with E-state index in [1.165, 1.54) is 6.07 Å². The zero-order valence-electron chi connectivity index (χ0n) is 11.3. The van der Waals surface area contributed by atoms with Gasteiger partial charge in [-0.25, -0.2) is 4.39 Å². The molecule has 108 valence electrons. The number of ether oxygens (including phenoxy) is 1. The molecule has 0 saturated carbocycles. The summed E-state index contributed by atoms with van der Waals surface area (Å²) < 4.78 is 19.9. The van der Waals surface area contributed by atoms with Crippen molar-refractivity contribution in [3.05, 3.63) is 29.1 Å². The molecule has 1 fully saturated rings. The number of carbonyl (C=O) groups excluding carboxylic acids is 1. The third-order valence-electron chi connectivity index (χ3n) is 4.01. The molecule has 20 heavy (non-hydrogen) atoms. The lowest BCUT2D eigenvalue weighted by molar-refractivity contribution is -0.116. The van der Waals surface area contributed by atoms with Crippen LogP contribution in [-0.4, -0.2) is 18.1 Å². The molecule has 2 aliphatic heterocycles. The van der Waals surface area contributed by atoms with Gasteiger partial charge in [-0.15, -0.1) is 11.6 Å². The van der Waals surface area contributed by atoms with Gasteiger partial charge in [-0.05, 0) is 43.9 Å². The summed E-state index contributed by atoms with van der Waals surface area (Å²) in [4.78, 5) is 11.3. The maximum Gasteiger partial charge on any atom is 0.224 e. The van der Waals surface area contributed by atoms with E-state index < -0.39 is 5.38 Å². The van der Waals surface area contributed by atoms with Crippen molar-refractivity contribution in [2.24, 2.45) is 0 Å². The summed E-state index contributed by atoms with van der Waals surface area (Å²) >= 11 is 6.40. The second-order valence-electron chi connectivity index (χ2n) is 5.54. The topological polar surface area (TPSA) is 38.3 Å². The van der Waals surface area contributed by atoms with Gasteiger partial charge < -0.3 is 10.1 Å². The number of alkyl halides is 1. The number of hydrogen-bond acceptors (Lipinski definition) is 2. The summed E-state index contributed by atoms with van der Waals surface area (Å²) in [5.41, 5.74) is 1.98. The number of anilines is 1. The Kier molecular flexibility index (Phi) is 3.69. The number of benzene rings is 1. The van der Waals surface area contributed by atoms with Crippen molar-refractivity contribution in [1.29, 1.82) is 0 Å². The summed E-state index contributed by atoms with van der Waals surface area (Å²) in [6, 6.07) is 3.14. The molecule has 3 rings (SSSR count). The van der Waals surface area contributed by atoms with Crippen molar-refractivity contribution >= 4 is 23.2 Å². The highest BCUT2D eigenvalue weighted by Gasteiger charge is 2.31. The predicted octanol–water partition coefficient (Wildman–Crippen LogP) is 3.56. The number of halogens is 2. The van der Waals surface area contributed by atoms with Crippen LogP contribution in [0.3, 0.4) is 0 Å². The maximum absolute atomic E-state index is 14.2. The molecule has 0 radical (unpaired) electrons. The molecule has 0 aliphatic carbocycles. The first-order valence-electron chi connectivity index (χ1n) is 6.96. The first-order valence-corrected chi connectivity index (χ1v) is 7.40. The number of fused-ring (bicyclic) bond motifs is 1. The van der Waals surface area contributed by atoms with E-state index in [9.17, 15) is 9.18 Å². The molecule has 1 aromatic carbocycles. The Balaban J connectivity index is 1.88. The quantitative estimate of drug-likeness (QED) is 0.848. The van der Waals surface area contributed by atoms with Gasteiger partial charge in [0, 0.05) is 17.7 Å². The molecule has 0 spiro atoms. The molecule has 2 heterocycles. The number of amides is 1. The number of aryl methyl sites for hydroxylation is 1. The van der Waals surface area contributed by atoms with Crippen LogP contribution in [0.25, 0.3) is 0 Å². The molecule has 3 atom stereocenters. The van der Waals surface area contributed by atoms with Crippen molar-refractivity contribution in [3.8, 4) is 0 Å². The van der Waals surface area contributed by atoms with E-state index in [-0.39, 0.29) is 23.9 Å². The summed E-state index contributed by atoms with van der Waals surface area (Å²) in [6.45, 7) is 2.00. The largest absolute Gasteiger partial charge is 0.373 e. The van der Waals surface area contributed by atoms with Crippen LogP contribution in [0, 0.1) is 5.82 Å². The monoisotopic (exact) mass is 297 g/mol. The minimum Gasteiger partial charge on any atom is -0.373 e. The lowest BCUT2D eigenvalue weighted by Gasteiger charge is -2.22. The van der Waals surface area contributed by atoms with Crippen LogP contribution in [0.2, 0.25) is 0 Å². The Bertz CT molecular complexity index is 549. The Morgan fingerprint density at radius 1 is 1.40 bits per heavy atom. The van der Waals surface area contributed by atoms with Crippen molar-refractivity contribution < 1.29 is 13.9 Å². The van der Waals surface area contributed by atoms with Crippen LogP contribution >= 0.6 is 11.6 Å². The molecule has 1 amide bonds. The molecule has 1 aromatic rings. The van der Waals surface area contributed by atoms with Gasteiger partial charge in [0.1, 0.15) is 5.82 Å². The van der Waals surface area contributed by atoms with E-state index >= 15 is 0 Å². The van der Waals surface area contributed by atoms with Crippen molar-refractivity contribution in [2.75, 3.05) is 5.32 Å². The number of nitrogens with one attached hydrogen (secondary N) is 1. The lowest BCUT2D eigenvalue weighted by Crippen LogP contribution is -2.21. The average molecular weight is 298 g/mol. The molecule has 1 saturated heterocycles. The normalized spacial score (nSPS) is 27.1. The fraction of sp³-hybridized carbons (Fsp3) is 0.533. The molecule has 5 heteroatoms. The zero-order valence-corrected chi connectivity index (χ0v) is 12.0. The van der Waals surface area contributed by atoms with Crippen LogP contribution < -0.4 is 5.32 Å². The van der Waals surface area contributed by atoms with Crippen molar-refractivity contribution in [1.82, 2.24) is 0 Å². The SMILES string of the molecule is CC1CCC(C(Cl)c2cc3c(cc2F)NC(=O)CC3)O1. The minimum atomic E-state index is -0.483. The average Bonchev–Trinajstić information content (AvgIpc) is 2.84.